The molecule has 0 radical (unpaired) electrons. The molecule has 2 rings (SSSR count). The molecular weight excluding hydrogens is 334 g/mol. The number of benzene rings is 1. The molecule has 1 fully saturated rings. The third-order valence-corrected chi connectivity index (χ3v) is 5.37. The van der Waals surface area contributed by atoms with Gasteiger partial charge in [0.15, 0.2) is 0 Å². The highest BCUT2D eigenvalue weighted by Crippen LogP contribution is 2.24. The van der Waals surface area contributed by atoms with Gasteiger partial charge in [-0.3, -0.25) is 9.80 Å². The number of piperazine rings is 1. The Balaban J connectivity index is 1.83. The average Bonchev–Trinajstić information content (AvgIpc) is 2.62. The van der Waals surface area contributed by atoms with Crippen molar-refractivity contribution in [3.8, 4) is 5.75 Å². The molecular formula is C21H34F2N2O. The van der Waals surface area contributed by atoms with E-state index in [1.807, 2.05) is 11.8 Å². The Morgan fingerprint density at radius 1 is 1.00 bits per heavy atom. The van der Waals surface area contributed by atoms with Crippen LogP contribution in [0.15, 0.2) is 24.3 Å². The number of ether oxygens (including phenoxy) is 1. The van der Waals surface area contributed by atoms with E-state index in [1.54, 1.807) is 24.3 Å². The minimum absolute atomic E-state index is 0.136. The van der Waals surface area contributed by atoms with Gasteiger partial charge in [-0.1, -0.05) is 26.0 Å². The third kappa shape index (κ3) is 6.51. The molecule has 1 aliphatic rings. The first-order valence-corrected chi connectivity index (χ1v) is 9.92. The Morgan fingerprint density at radius 3 is 2.15 bits per heavy atom. The van der Waals surface area contributed by atoms with Crippen LogP contribution in [0, 0.1) is 0 Å². The molecule has 26 heavy (non-hydrogen) atoms. The maximum absolute atomic E-state index is 14.5. The van der Waals surface area contributed by atoms with E-state index >= 15 is 0 Å². The quantitative estimate of drug-likeness (QED) is 0.640. The summed E-state index contributed by atoms with van der Waals surface area (Å²) in [6, 6.07) is 7.64. The normalized spacial score (nSPS) is 19.3. The van der Waals surface area contributed by atoms with Gasteiger partial charge >= 0.3 is 0 Å². The summed E-state index contributed by atoms with van der Waals surface area (Å²) in [5.41, 5.74) is 0.657. The highest BCUT2D eigenvalue weighted by atomic mass is 19.3. The largest absolute Gasteiger partial charge is 0.491 e. The molecule has 0 aliphatic carbocycles. The summed E-state index contributed by atoms with van der Waals surface area (Å²) in [7, 11) is 0. The molecule has 0 aromatic heterocycles. The molecule has 0 amide bonds. The van der Waals surface area contributed by atoms with Gasteiger partial charge in [-0.2, -0.15) is 0 Å². The molecule has 3 nitrogen and oxygen atoms in total. The van der Waals surface area contributed by atoms with Crippen molar-refractivity contribution < 1.29 is 13.5 Å². The third-order valence-electron chi connectivity index (χ3n) is 5.37. The molecule has 2 atom stereocenters. The molecule has 0 bridgehead atoms. The lowest BCUT2D eigenvalue weighted by Gasteiger charge is -2.39. The minimum atomic E-state index is -2.71. The molecule has 1 heterocycles. The van der Waals surface area contributed by atoms with Crippen molar-refractivity contribution in [2.75, 3.05) is 32.7 Å². The summed E-state index contributed by atoms with van der Waals surface area (Å²) in [4.78, 5) is 4.30. The maximum atomic E-state index is 14.5. The van der Waals surface area contributed by atoms with E-state index in [4.69, 9.17) is 4.74 Å². The number of nitrogens with zero attached hydrogens (tertiary/aromatic N) is 2. The van der Waals surface area contributed by atoms with E-state index in [1.165, 1.54) is 0 Å². The van der Waals surface area contributed by atoms with Crippen LogP contribution in [0.3, 0.4) is 0 Å². The Morgan fingerprint density at radius 2 is 1.62 bits per heavy atom. The molecule has 1 aromatic carbocycles. The lowest BCUT2D eigenvalue weighted by Crippen LogP contribution is -2.52. The van der Waals surface area contributed by atoms with Crippen LogP contribution in [0.5, 0.6) is 5.75 Å². The highest BCUT2D eigenvalue weighted by Gasteiger charge is 2.33. The fourth-order valence-corrected chi connectivity index (χ4v) is 3.30. The lowest BCUT2D eigenvalue weighted by atomic mass is 10.1. The van der Waals surface area contributed by atoms with Gasteiger partial charge in [-0.05, 0) is 44.4 Å². The first kappa shape index (κ1) is 21.1. The van der Waals surface area contributed by atoms with Crippen LogP contribution >= 0.6 is 0 Å². The van der Waals surface area contributed by atoms with Crippen molar-refractivity contribution in [3.63, 3.8) is 0 Å². The zero-order chi connectivity index (χ0) is 19.2. The van der Waals surface area contributed by atoms with Crippen LogP contribution in [0.4, 0.5) is 8.78 Å². The van der Waals surface area contributed by atoms with Crippen LogP contribution in [-0.4, -0.2) is 60.6 Å². The van der Waals surface area contributed by atoms with Crippen molar-refractivity contribution in [3.05, 3.63) is 29.8 Å². The van der Waals surface area contributed by atoms with Crippen molar-refractivity contribution >= 4 is 0 Å². The Bertz CT molecular complexity index is 527. The number of hydrogen-bond acceptors (Lipinski definition) is 3. The second-order valence-corrected chi connectivity index (χ2v) is 7.58. The highest BCUT2D eigenvalue weighted by molar-refractivity contribution is 5.28. The van der Waals surface area contributed by atoms with E-state index in [9.17, 15) is 8.78 Å². The number of halogens is 2. The standard InChI is InChI=1S/C21H34F2N2O/c1-5-17(3)25-13-11-24(12-14-25)16-21(22,23)15-19-7-9-20(10-8-19)26-18(4)6-2/h7-10,17-18H,5-6,11-16H2,1-4H3. The van der Waals surface area contributed by atoms with Gasteiger partial charge in [0.05, 0.1) is 12.6 Å². The number of hydrogen-bond donors (Lipinski definition) is 0. The van der Waals surface area contributed by atoms with Gasteiger partial charge in [0.1, 0.15) is 5.75 Å². The molecule has 2 unspecified atom stereocenters. The molecule has 0 N–H and O–H groups in total. The van der Waals surface area contributed by atoms with Crippen molar-refractivity contribution in [2.45, 2.75) is 65.0 Å². The van der Waals surface area contributed by atoms with E-state index < -0.39 is 5.92 Å². The summed E-state index contributed by atoms with van der Waals surface area (Å²) in [6.07, 6.45) is 1.94. The first-order chi connectivity index (χ1) is 12.3. The predicted molar refractivity (Wildman–Crippen MR) is 103 cm³/mol. The van der Waals surface area contributed by atoms with Gasteiger partial charge in [0.25, 0.3) is 5.92 Å². The smallest absolute Gasteiger partial charge is 0.264 e. The summed E-state index contributed by atoms with van der Waals surface area (Å²) >= 11 is 0. The second-order valence-electron chi connectivity index (χ2n) is 7.58. The molecule has 1 aliphatic heterocycles. The van der Waals surface area contributed by atoms with Gasteiger partial charge in [0, 0.05) is 38.6 Å². The predicted octanol–water partition coefficient (Wildman–Crippen LogP) is 4.46. The van der Waals surface area contributed by atoms with Crippen LogP contribution in [0.1, 0.15) is 46.1 Å². The van der Waals surface area contributed by atoms with Gasteiger partial charge in [-0.15, -0.1) is 0 Å². The summed E-state index contributed by atoms with van der Waals surface area (Å²) in [5, 5.41) is 0. The van der Waals surface area contributed by atoms with Gasteiger partial charge in [-0.25, -0.2) is 8.78 Å². The summed E-state index contributed by atoms with van der Waals surface area (Å²) < 4.78 is 34.7. The van der Waals surface area contributed by atoms with Crippen LogP contribution in [0.2, 0.25) is 0 Å². The van der Waals surface area contributed by atoms with E-state index in [2.05, 4.69) is 25.7 Å². The van der Waals surface area contributed by atoms with Crippen molar-refractivity contribution in [1.29, 1.82) is 0 Å². The number of alkyl halides is 2. The van der Waals surface area contributed by atoms with Gasteiger partial charge < -0.3 is 4.74 Å². The fourth-order valence-electron chi connectivity index (χ4n) is 3.30. The fraction of sp³-hybridized carbons (Fsp3) is 0.714. The van der Waals surface area contributed by atoms with E-state index in [0.717, 1.165) is 44.8 Å². The zero-order valence-corrected chi connectivity index (χ0v) is 16.7. The van der Waals surface area contributed by atoms with E-state index in [-0.39, 0.29) is 19.1 Å². The molecule has 0 saturated carbocycles. The average molecular weight is 369 g/mol. The van der Waals surface area contributed by atoms with Crippen molar-refractivity contribution in [1.82, 2.24) is 9.80 Å². The van der Waals surface area contributed by atoms with Gasteiger partial charge in [0.2, 0.25) is 0 Å². The molecule has 5 heteroatoms. The Kier molecular flexibility index (Phi) is 7.84. The topological polar surface area (TPSA) is 15.7 Å². The Labute approximate surface area is 157 Å². The minimum Gasteiger partial charge on any atom is -0.491 e. The molecule has 148 valence electrons. The van der Waals surface area contributed by atoms with E-state index in [0.29, 0.717) is 11.6 Å². The SMILES string of the molecule is CCC(C)Oc1ccc(CC(F)(F)CN2CCN(C(C)CC)CC2)cc1. The molecule has 1 saturated heterocycles. The second kappa shape index (κ2) is 9.65. The van der Waals surface area contributed by atoms with Crippen molar-refractivity contribution in [2.24, 2.45) is 0 Å². The summed E-state index contributed by atoms with van der Waals surface area (Å²) in [5.74, 6) is -1.97. The lowest BCUT2D eigenvalue weighted by molar-refractivity contribution is -0.0435. The monoisotopic (exact) mass is 368 g/mol. The molecule has 1 aromatic rings. The number of rotatable bonds is 9. The van der Waals surface area contributed by atoms with Crippen LogP contribution in [-0.2, 0) is 6.42 Å². The molecule has 0 spiro atoms. The summed E-state index contributed by atoms with van der Waals surface area (Å²) in [6.45, 7) is 11.5. The maximum Gasteiger partial charge on any atom is 0.264 e. The first-order valence-electron chi connectivity index (χ1n) is 9.92. The van der Waals surface area contributed by atoms with Crippen LogP contribution in [0.25, 0.3) is 0 Å². The van der Waals surface area contributed by atoms with Crippen LogP contribution < -0.4 is 4.74 Å². The zero-order valence-electron chi connectivity index (χ0n) is 16.7. The Hall–Kier alpha value is -1.20.